The summed E-state index contributed by atoms with van der Waals surface area (Å²) in [5, 5.41) is 0. The summed E-state index contributed by atoms with van der Waals surface area (Å²) in [7, 11) is -10.6. The first-order valence-corrected chi connectivity index (χ1v) is 11.8. The summed E-state index contributed by atoms with van der Waals surface area (Å²) < 4.78 is 52.3. The highest BCUT2D eigenvalue weighted by molar-refractivity contribution is 7.84. The lowest BCUT2D eigenvalue weighted by molar-refractivity contribution is -0.00639. The Morgan fingerprint density at radius 3 is 2.46 bits per heavy atom. The number of nitrogens with one attached hydrogen (secondary N) is 1. The highest BCUT2D eigenvalue weighted by Gasteiger charge is 2.35. The van der Waals surface area contributed by atoms with Crippen LogP contribution in [0.15, 0.2) is 27.9 Å². The molecule has 1 unspecified atom stereocenters. The van der Waals surface area contributed by atoms with Crippen LogP contribution in [0.4, 0.5) is 0 Å². The Morgan fingerprint density at radius 2 is 1.86 bits per heavy atom. The molecule has 155 valence electrons. The lowest BCUT2D eigenvalue weighted by Gasteiger charge is -2.28. The van der Waals surface area contributed by atoms with E-state index in [1.165, 1.54) is 25.3 Å². The molecular weight excluding hydrogens is 444 g/mol. The summed E-state index contributed by atoms with van der Waals surface area (Å²) in [6.45, 7) is 0.900. The number of aromatic nitrogens is 2. The maximum atomic E-state index is 11.9. The minimum atomic E-state index is -5.49. The van der Waals surface area contributed by atoms with Crippen LogP contribution in [0.25, 0.3) is 0 Å². The number of hydrogen-bond acceptors (Lipinski definition) is 9. The Bertz CT molecular complexity index is 1030. The van der Waals surface area contributed by atoms with Gasteiger partial charge in [0, 0.05) is 11.8 Å². The number of aryl methyl sites for hydroxylation is 1. The van der Waals surface area contributed by atoms with Crippen molar-refractivity contribution in [1.82, 2.24) is 9.55 Å². The molecule has 4 atom stereocenters. The van der Waals surface area contributed by atoms with E-state index in [2.05, 4.69) is 18.1 Å². The molecular formula is C10H14BN2O12P3-. The Hall–Kier alpha value is -1.11. The largest absolute Gasteiger partial charge is 0.485 e. The highest BCUT2D eigenvalue weighted by Crippen LogP contribution is 2.66. The first-order valence-electron chi connectivity index (χ1n) is 7.17. The summed E-state index contributed by atoms with van der Waals surface area (Å²) in [6, 6.07) is 0. The predicted octanol–water partition coefficient (Wildman–Crippen LogP) is -0.182. The van der Waals surface area contributed by atoms with Gasteiger partial charge in [0.25, 0.3) is 5.56 Å². The molecule has 0 saturated carbocycles. The van der Waals surface area contributed by atoms with Crippen molar-refractivity contribution in [2.75, 3.05) is 6.61 Å². The molecule has 1 aromatic heterocycles. The minimum Gasteiger partial charge on any atom is -0.443 e. The molecule has 1 aliphatic rings. The third kappa shape index (κ3) is 6.75. The monoisotopic (exact) mass is 458 g/mol. The SMILES string of the molecule is [B-][P@](=O)(OC[C@@H]1C=C[C@H](n2cc(C)c(=O)[nH]c2=O)O1)OP(=O)(O)OP(=O)(O)O. The molecule has 28 heavy (non-hydrogen) atoms. The summed E-state index contributed by atoms with van der Waals surface area (Å²) in [5.41, 5.74) is -1.05. The molecule has 3 radical (unpaired) electrons. The summed E-state index contributed by atoms with van der Waals surface area (Å²) >= 11 is 0. The molecule has 0 fully saturated rings. The van der Waals surface area contributed by atoms with Crippen molar-refractivity contribution in [3.63, 3.8) is 0 Å². The van der Waals surface area contributed by atoms with Gasteiger partial charge in [-0.25, -0.2) is 18.2 Å². The Labute approximate surface area is 157 Å². The van der Waals surface area contributed by atoms with E-state index < -0.39 is 53.3 Å². The van der Waals surface area contributed by atoms with Crippen molar-refractivity contribution in [2.45, 2.75) is 19.3 Å². The number of hydrogen-bond donors (Lipinski definition) is 4. The minimum absolute atomic E-state index is 0.250. The molecule has 4 N–H and O–H groups in total. The Morgan fingerprint density at radius 1 is 1.21 bits per heavy atom. The topological polar surface area (TPSA) is 204 Å². The number of ether oxygens (including phenoxy) is 1. The van der Waals surface area contributed by atoms with Gasteiger partial charge in [-0.05, 0) is 13.0 Å². The van der Waals surface area contributed by atoms with Crippen LogP contribution >= 0.6 is 23.1 Å². The molecule has 1 aliphatic heterocycles. The van der Waals surface area contributed by atoms with Gasteiger partial charge in [-0.2, -0.15) is 4.31 Å². The van der Waals surface area contributed by atoms with Crippen molar-refractivity contribution in [3.8, 4) is 0 Å². The van der Waals surface area contributed by atoms with Gasteiger partial charge in [-0.1, -0.05) is 6.08 Å². The lowest BCUT2D eigenvalue weighted by atomic mass is 10.3. The Kier molecular flexibility index (Phi) is 6.89. The van der Waals surface area contributed by atoms with Crippen LogP contribution < -0.4 is 11.2 Å². The van der Waals surface area contributed by atoms with E-state index in [1.54, 1.807) is 0 Å². The van der Waals surface area contributed by atoms with Gasteiger partial charge in [0.1, 0.15) is 6.10 Å². The van der Waals surface area contributed by atoms with Crippen LogP contribution in [0.5, 0.6) is 0 Å². The number of phosphoric acid groups is 2. The smallest absolute Gasteiger partial charge is 0.443 e. The third-order valence-corrected chi connectivity index (χ3v) is 6.99. The van der Waals surface area contributed by atoms with Crippen LogP contribution in [0.2, 0.25) is 0 Å². The molecule has 0 aromatic carbocycles. The molecule has 2 heterocycles. The zero-order chi connectivity index (χ0) is 21.3. The van der Waals surface area contributed by atoms with E-state index in [-0.39, 0.29) is 5.56 Å². The van der Waals surface area contributed by atoms with Gasteiger partial charge >= 0.3 is 21.3 Å². The van der Waals surface area contributed by atoms with E-state index in [1.807, 2.05) is 0 Å². The van der Waals surface area contributed by atoms with Gasteiger partial charge in [0.15, 0.2) is 6.23 Å². The fraction of sp³-hybridized carbons (Fsp3) is 0.400. The fourth-order valence-corrected chi connectivity index (χ4v) is 5.17. The van der Waals surface area contributed by atoms with Crippen molar-refractivity contribution in [2.24, 2.45) is 0 Å². The first kappa shape index (κ1) is 23.2. The van der Waals surface area contributed by atoms with Crippen molar-refractivity contribution >= 4 is 30.7 Å². The van der Waals surface area contributed by atoms with Crippen molar-refractivity contribution in [1.29, 1.82) is 0 Å². The zero-order valence-electron chi connectivity index (χ0n) is 14.0. The normalized spacial score (nSPS) is 24.0. The number of H-pyrrole nitrogens is 1. The van der Waals surface area contributed by atoms with Crippen LogP contribution in [-0.2, 0) is 31.6 Å². The highest BCUT2D eigenvalue weighted by atomic mass is 31.3. The summed E-state index contributed by atoms with van der Waals surface area (Å²) in [5.74, 6) is 0. The van der Waals surface area contributed by atoms with E-state index in [0.29, 0.717) is 0 Å². The molecule has 2 rings (SSSR count). The second-order valence-electron chi connectivity index (χ2n) is 5.39. The van der Waals surface area contributed by atoms with E-state index in [9.17, 15) is 23.3 Å². The number of nitrogens with zero attached hydrogens (tertiary/aromatic N) is 1. The first-order chi connectivity index (χ1) is 12.7. The molecule has 0 saturated heterocycles. The van der Waals surface area contributed by atoms with Crippen molar-refractivity contribution in [3.05, 3.63) is 44.8 Å². The van der Waals surface area contributed by atoms with Gasteiger partial charge < -0.3 is 36.1 Å². The number of rotatable bonds is 8. The maximum absolute atomic E-state index is 11.9. The van der Waals surface area contributed by atoms with Gasteiger partial charge in [0.05, 0.1) is 14.1 Å². The molecule has 0 amide bonds. The average molecular weight is 458 g/mol. The van der Waals surface area contributed by atoms with Crippen LogP contribution in [-0.4, -0.2) is 44.5 Å². The Balaban J connectivity index is 1.97. The molecule has 0 aliphatic carbocycles. The van der Waals surface area contributed by atoms with E-state index in [4.69, 9.17) is 27.0 Å². The predicted molar refractivity (Wildman–Crippen MR) is 92.5 cm³/mol. The molecule has 18 heteroatoms. The molecule has 0 bridgehead atoms. The number of aromatic amines is 1. The van der Waals surface area contributed by atoms with E-state index >= 15 is 0 Å². The molecule has 0 spiro atoms. The average Bonchev–Trinajstić information content (AvgIpc) is 2.94. The van der Waals surface area contributed by atoms with Crippen LogP contribution in [0.1, 0.15) is 11.8 Å². The zero-order valence-corrected chi connectivity index (χ0v) is 16.7. The van der Waals surface area contributed by atoms with Gasteiger partial charge in [-0.3, -0.25) is 14.3 Å². The van der Waals surface area contributed by atoms with Crippen LogP contribution in [0, 0.1) is 6.92 Å². The van der Waals surface area contributed by atoms with E-state index in [0.717, 1.165) is 4.57 Å². The summed E-state index contributed by atoms with van der Waals surface area (Å²) in [6.07, 6.45) is 2.21. The summed E-state index contributed by atoms with van der Waals surface area (Å²) in [4.78, 5) is 51.3. The third-order valence-electron chi connectivity index (χ3n) is 3.07. The second kappa shape index (κ2) is 8.33. The lowest BCUT2D eigenvalue weighted by Crippen LogP contribution is -2.33. The maximum Gasteiger partial charge on any atom is 0.485 e. The molecule has 1 aromatic rings. The second-order valence-corrected chi connectivity index (χ2v) is 9.95. The standard InChI is InChI=1S/C10H14BN2O12P3/c1-6-4-13(10(15)12-9(6)14)8-3-2-7(23-8)5-22-26(11,16)24-28(20,21)25-27(17,18)19/h2-4,7-8H,5H2,1H3,(H,20,21)(H,12,14,15)(H2,17,18,19)/q-1/t7-,8+,26-/m0/s1. The van der Waals surface area contributed by atoms with Gasteiger partial charge in [0.2, 0.25) is 0 Å². The fourth-order valence-electron chi connectivity index (χ4n) is 2.01. The van der Waals surface area contributed by atoms with Crippen LogP contribution in [0.3, 0.4) is 0 Å². The molecule has 14 nitrogen and oxygen atoms in total. The van der Waals surface area contributed by atoms with Gasteiger partial charge in [-0.15, -0.1) is 0 Å². The quantitative estimate of drug-likeness (QED) is 0.228. The van der Waals surface area contributed by atoms with Crippen molar-refractivity contribution < 1.29 is 46.3 Å².